The van der Waals surface area contributed by atoms with Crippen LogP contribution in [0.25, 0.3) is 0 Å². The summed E-state index contributed by atoms with van der Waals surface area (Å²) in [6.45, 7) is 7.73. The number of nitrogens with one attached hydrogen (secondary N) is 1. The predicted octanol–water partition coefficient (Wildman–Crippen LogP) is 7.22. The van der Waals surface area contributed by atoms with Gasteiger partial charge in [0.1, 0.15) is 12.6 Å². The maximum Gasteiger partial charge on any atom is 0.264 e. The van der Waals surface area contributed by atoms with E-state index in [4.69, 9.17) is 23.2 Å². The van der Waals surface area contributed by atoms with E-state index >= 15 is 0 Å². The molecule has 0 aliphatic carbocycles. The molecule has 4 aromatic rings. The molecule has 0 aromatic heterocycles. The summed E-state index contributed by atoms with van der Waals surface area (Å²) in [4.78, 5) is 29.9. The summed E-state index contributed by atoms with van der Waals surface area (Å²) in [5.41, 5.74) is 3.72. The van der Waals surface area contributed by atoms with Crippen LogP contribution in [-0.4, -0.2) is 44.3 Å². The highest BCUT2D eigenvalue weighted by Gasteiger charge is 2.35. The van der Waals surface area contributed by atoms with Crippen molar-refractivity contribution in [3.63, 3.8) is 0 Å². The maximum absolute atomic E-state index is 14.6. The average molecular weight is 681 g/mol. The van der Waals surface area contributed by atoms with Crippen LogP contribution in [0, 0.1) is 19.8 Å². The molecule has 0 unspecified atom stereocenters. The standard InChI is InChI=1S/C36H39Cl2N3O4S/c1-25(2)22-39-36(43)34(20-28-10-6-5-7-11-28)40(23-29-12-8-9-27(4)19-29)35(42)24-41(30-15-18-32(37)33(38)21-30)46(44,45)31-16-13-26(3)14-17-31/h5-19,21,25,34H,20,22-24H2,1-4H3,(H,39,43)/t34-/m0/s1. The van der Waals surface area contributed by atoms with Crippen molar-refractivity contribution >= 4 is 50.7 Å². The summed E-state index contributed by atoms with van der Waals surface area (Å²) in [7, 11) is -4.25. The molecular formula is C36H39Cl2N3O4S. The van der Waals surface area contributed by atoms with E-state index in [0.29, 0.717) is 6.54 Å². The zero-order valence-corrected chi connectivity index (χ0v) is 28.7. The topological polar surface area (TPSA) is 86.8 Å². The van der Waals surface area contributed by atoms with Crippen LogP contribution in [0.15, 0.2) is 102 Å². The molecule has 0 bridgehead atoms. The van der Waals surface area contributed by atoms with Crippen molar-refractivity contribution in [3.05, 3.63) is 129 Å². The van der Waals surface area contributed by atoms with Gasteiger partial charge in [0, 0.05) is 19.5 Å². The summed E-state index contributed by atoms with van der Waals surface area (Å²) in [6, 6.07) is 27.0. The van der Waals surface area contributed by atoms with Crippen molar-refractivity contribution in [1.29, 1.82) is 0 Å². The molecule has 4 aromatic carbocycles. The molecule has 0 saturated carbocycles. The highest BCUT2D eigenvalue weighted by Crippen LogP contribution is 2.31. The lowest BCUT2D eigenvalue weighted by molar-refractivity contribution is -0.140. The number of nitrogens with zero attached hydrogens (tertiary/aromatic N) is 2. The first kappa shape index (κ1) is 35.0. The zero-order valence-electron chi connectivity index (χ0n) is 26.4. The molecular weight excluding hydrogens is 641 g/mol. The normalized spacial score (nSPS) is 12.1. The number of benzene rings is 4. The van der Waals surface area contributed by atoms with E-state index in [0.717, 1.165) is 26.6 Å². The Morgan fingerprint density at radius 1 is 0.783 bits per heavy atom. The monoisotopic (exact) mass is 679 g/mol. The third-order valence-electron chi connectivity index (χ3n) is 7.47. The third-order valence-corrected chi connectivity index (χ3v) is 10.00. The van der Waals surface area contributed by atoms with Gasteiger partial charge in [0.05, 0.1) is 20.6 Å². The first-order chi connectivity index (χ1) is 21.8. The van der Waals surface area contributed by atoms with Crippen LogP contribution in [0.3, 0.4) is 0 Å². The van der Waals surface area contributed by atoms with Gasteiger partial charge in [-0.2, -0.15) is 0 Å². The molecule has 242 valence electrons. The summed E-state index contributed by atoms with van der Waals surface area (Å²) in [5, 5.41) is 3.38. The summed E-state index contributed by atoms with van der Waals surface area (Å²) >= 11 is 12.5. The van der Waals surface area contributed by atoms with Gasteiger partial charge < -0.3 is 10.2 Å². The Hall–Kier alpha value is -3.85. The first-order valence-corrected chi connectivity index (χ1v) is 17.3. The van der Waals surface area contributed by atoms with Gasteiger partial charge in [0.25, 0.3) is 10.0 Å². The van der Waals surface area contributed by atoms with Gasteiger partial charge in [0.2, 0.25) is 11.8 Å². The Morgan fingerprint density at radius 2 is 1.46 bits per heavy atom. The van der Waals surface area contributed by atoms with E-state index in [1.54, 1.807) is 12.1 Å². The number of hydrogen-bond donors (Lipinski definition) is 1. The minimum absolute atomic E-state index is 0.0118. The van der Waals surface area contributed by atoms with E-state index in [-0.39, 0.29) is 45.4 Å². The molecule has 0 heterocycles. The van der Waals surface area contributed by atoms with Crippen molar-refractivity contribution in [2.75, 3.05) is 17.4 Å². The lowest BCUT2D eigenvalue weighted by atomic mass is 10.0. The van der Waals surface area contributed by atoms with Crippen LogP contribution >= 0.6 is 23.2 Å². The Labute approximate surface area is 282 Å². The Balaban J connectivity index is 1.82. The highest BCUT2D eigenvalue weighted by atomic mass is 35.5. The Morgan fingerprint density at radius 3 is 2.09 bits per heavy atom. The van der Waals surface area contributed by atoms with E-state index in [2.05, 4.69) is 5.32 Å². The number of amides is 2. The Bertz CT molecular complexity index is 1760. The maximum atomic E-state index is 14.6. The largest absolute Gasteiger partial charge is 0.354 e. The number of carbonyl (C=O) groups is 2. The van der Waals surface area contributed by atoms with Crippen molar-refractivity contribution in [3.8, 4) is 0 Å². The molecule has 0 spiro atoms. The minimum Gasteiger partial charge on any atom is -0.354 e. The summed E-state index contributed by atoms with van der Waals surface area (Å²) in [6.07, 6.45) is 0.236. The van der Waals surface area contributed by atoms with E-state index < -0.39 is 28.5 Å². The third kappa shape index (κ3) is 9.12. The molecule has 46 heavy (non-hydrogen) atoms. The highest BCUT2D eigenvalue weighted by molar-refractivity contribution is 7.92. The van der Waals surface area contributed by atoms with Crippen molar-refractivity contribution < 1.29 is 18.0 Å². The van der Waals surface area contributed by atoms with Gasteiger partial charge in [-0.3, -0.25) is 13.9 Å². The number of rotatable bonds is 13. The van der Waals surface area contributed by atoms with Gasteiger partial charge in [-0.15, -0.1) is 0 Å². The van der Waals surface area contributed by atoms with Gasteiger partial charge >= 0.3 is 0 Å². The smallest absolute Gasteiger partial charge is 0.264 e. The van der Waals surface area contributed by atoms with Crippen LogP contribution in [0.4, 0.5) is 5.69 Å². The van der Waals surface area contributed by atoms with Gasteiger partial charge in [-0.25, -0.2) is 8.42 Å². The molecule has 0 fully saturated rings. The van der Waals surface area contributed by atoms with Crippen molar-refractivity contribution in [1.82, 2.24) is 10.2 Å². The Kier molecular flexibility index (Phi) is 11.9. The molecule has 0 aliphatic rings. The van der Waals surface area contributed by atoms with Crippen LogP contribution in [-0.2, 0) is 32.6 Å². The number of halogens is 2. The second-order valence-electron chi connectivity index (χ2n) is 11.8. The second kappa shape index (κ2) is 15.6. The first-order valence-electron chi connectivity index (χ1n) is 15.1. The fourth-order valence-corrected chi connectivity index (χ4v) is 6.69. The number of sulfonamides is 1. The molecule has 7 nitrogen and oxygen atoms in total. The van der Waals surface area contributed by atoms with Gasteiger partial charge in [-0.05, 0) is 61.2 Å². The fourth-order valence-electron chi connectivity index (χ4n) is 4.99. The zero-order chi connectivity index (χ0) is 33.4. The molecule has 4 rings (SSSR count). The second-order valence-corrected chi connectivity index (χ2v) is 14.5. The lowest BCUT2D eigenvalue weighted by Crippen LogP contribution is -2.53. The number of aryl methyl sites for hydroxylation is 2. The van der Waals surface area contributed by atoms with Crippen LogP contribution in [0.2, 0.25) is 10.0 Å². The molecule has 1 atom stereocenters. The molecule has 0 aliphatic heterocycles. The van der Waals surface area contributed by atoms with Crippen molar-refractivity contribution in [2.24, 2.45) is 5.92 Å². The summed E-state index contributed by atoms with van der Waals surface area (Å²) in [5.74, 6) is -0.683. The lowest BCUT2D eigenvalue weighted by Gasteiger charge is -2.34. The van der Waals surface area contributed by atoms with E-state index in [9.17, 15) is 18.0 Å². The van der Waals surface area contributed by atoms with Crippen LogP contribution in [0.5, 0.6) is 0 Å². The predicted molar refractivity (Wildman–Crippen MR) is 186 cm³/mol. The van der Waals surface area contributed by atoms with E-state index in [1.807, 2.05) is 82.3 Å². The van der Waals surface area contributed by atoms with Gasteiger partial charge in [-0.1, -0.05) is 115 Å². The van der Waals surface area contributed by atoms with Crippen LogP contribution in [0.1, 0.15) is 36.1 Å². The molecule has 10 heteroatoms. The van der Waals surface area contributed by atoms with Gasteiger partial charge in [0.15, 0.2) is 0 Å². The number of hydrogen-bond acceptors (Lipinski definition) is 4. The van der Waals surface area contributed by atoms with E-state index in [1.165, 1.54) is 35.2 Å². The van der Waals surface area contributed by atoms with Crippen molar-refractivity contribution in [2.45, 2.75) is 51.6 Å². The molecule has 0 saturated heterocycles. The minimum atomic E-state index is -4.25. The average Bonchev–Trinajstić information content (AvgIpc) is 3.02. The molecule has 1 N–H and O–H groups in total. The summed E-state index contributed by atoms with van der Waals surface area (Å²) < 4.78 is 29.4. The van der Waals surface area contributed by atoms with Crippen LogP contribution < -0.4 is 9.62 Å². The number of anilines is 1. The quantitative estimate of drug-likeness (QED) is 0.162. The molecule has 0 radical (unpaired) electrons. The number of carbonyl (C=O) groups excluding carboxylic acids is 2. The molecule has 2 amide bonds. The fraction of sp³-hybridized carbons (Fsp3) is 0.278. The SMILES string of the molecule is Cc1ccc(S(=O)(=O)N(CC(=O)N(Cc2cccc(C)c2)[C@@H](Cc2ccccc2)C(=O)NCC(C)C)c2ccc(Cl)c(Cl)c2)cc1.